The van der Waals surface area contributed by atoms with Crippen LogP contribution in [0.4, 0.5) is 4.39 Å². The summed E-state index contributed by atoms with van der Waals surface area (Å²) in [4.78, 5) is 0. The topological polar surface area (TPSA) is 21.3 Å². The van der Waals surface area contributed by atoms with Crippen LogP contribution in [0.25, 0.3) is 0 Å². The van der Waals surface area contributed by atoms with Crippen LogP contribution in [0.1, 0.15) is 24.8 Å². The maximum Gasteiger partial charge on any atom is 0.144 e. The van der Waals surface area contributed by atoms with E-state index in [2.05, 4.69) is 5.32 Å². The molecule has 1 aliphatic carbocycles. The van der Waals surface area contributed by atoms with Gasteiger partial charge < -0.3 is 10.1 Å². The third-order valence-electron chi connectivity index (χ3n) is 3.99. The first kappa shape index (κ1) is 14.8. The Labute approximate surface area is 119 Å². The highest BCUT2D eigenvalue weighted by Crippen LogP contribution is 2.43. The van der Waals surface area contributed by atoms with Crippen molar-refractivity contribution in [2.24, 2.45) is 5.41 Å². The molecule has 2 nitrogen and oxygen atoms in total. The van der Waals surface area contributed by atoms with Gasteiger partial charge in [-0.3, -0.25) is 0 Å². The van der Waals surface area contributed by atoms with Crippen molar-refractivity contribution in [3.63, 3.8) is 0 Å². The zero-order valence-electron chi connectivity index (χ0n) is 11.3. The van der Waals surface area contributed by atoms with Crippen molar-refractivity contribution in [1.82, 2.24) is 5.32 Å². The molecule has 0 radical (unpaired) electrons. The van der Waals surface area contributed by atoms with E-state index < -0.39 is 0 Å². The highest BCUT2D eigenvalue weighted by molar-refractivity contribution is 6.30. The van der Waals surface area contributed by atoms with E-state index in [1.54, 1.807) is 13.2 Å². The van der Waals surface area contributed by atoms with Crippen LogP contribution < -0.4 is 5.32 Å². The maximum atomic E-state index is 14.0. The zero-order valence-corrected chi connectivity index (χ0v) is 12.1. The number of hydrogen-bond acceptors (Lipinski definition) is 2. The summed E-state index contributed by atoms with van der Waals surface area (Å²) >= 11 is 5.84. The summed E-state index contributed by atoms with van der Waals surface area (Å²) in [5.41, 5.74) is 0.931. The van der Waals surface area contributed by atoms with Crippen molar-refractivity contribution in [2.45, 2.75) is 25.7 Å². The number of methoxy groups -OCH3 is 1. The van der Waals surface area contributed by atoms with Crippen molar-refractivity contribution in [3.05, 3.63) is 34.6 Å². The molecule has 19 heavy (non-hydrogen) atoms. The summed E-state index contributed by atoms with van der Waals surface area (Å²) in [6.07, 6.45) is 4.30. The molecule has 0 aliphatic heterocycles. The van der Waals surface area contributed by atoms with Gasteiger partial charge in [0.2, 0.25) is 0 Å². The molecule has 2 rings (SSSR count). The van der Waals surface area contributed by atoms with Crippen LogP contribution in [0.2, 0.25) is 5.02 Å². The third-order valence-corrected chi connectivity index (χ3v) is 4.29. The van der Waals surface area contributed by atoms with E-state index in [0.717, 1.165) is 37.9 Å². The minimum absolute atomic E-state index is 0.194. The highest BCUT2D eigenvalue weighted by Gasteiger charge is 2.37. The molecule has 0 aromatic heterocycles. The average Bonchev–Trinajstić information content (AvgIpc) is 2.36. The van der Waals surface area contributed by atoms with Gasteiger partial charge in [-0.2, -0.15) is 0 Å². The number of hydrogen-bond donors (Lipinski definition) is 1. The minimum atomic E-state index is -0.257. The number of halogens is 2. The number of nitrogens with one attached hydrogen (secondary N) is 1. The van der Waals surface area contributed by atoms with Crippen LogP contribution >= 0.6 is 11.6 Å². The largest absolute Gasteiger partial charge is 0.383 e. The van der Waals surface area contributed by atoms with Crippen molar-refractivity contribution >= 4 is 11.6 Å². The molecule has 106 valence electrons. The Balaban J connectivity index is 1.96. The van der Waals surface area contributed by atoms with E-state index in [9.17, 15) is 4.39 Å². The van der Waals surface area contributed by atoms with Crippen LogP contribution in [0.3, 0.4) is 0 Å². The SMILES string of the molecule is COCCNCC1(Cc2cccc(Cl)c2F)CCC1. The minimum Gasteiger partial charge on any atom is -0.383 e. The summed E-state index contributed by atoms with van der Waals surface area (Å²) in [6.45, 7) is 2.47. The molecule has 0 spiro atoms. The predicted molar refractivity (Wildman–Crippen MR) is 76.1 cm³/mol. The molecule has 0 amide bonds. The summed E-state index contributed by atoms with van der Waals surface area (Å²) in [6, 6.07) is 5.27. The highest BCUT2D eigenvalue weighted by atomic mass is 35.5. The second kappa shape index (κ2) is 6.69. The van der Waals surface area contributed by atoms with Crippen molar-refractivity contribution < 1.29 is 9.13 Å². The molecule has 0 saturated heterocycles. The Bertz CT molecular complexity index is 421. The Morgan fingerprint density at radius 2 is 2.21 bits per heavy atom. The van der Waals surface area contributed by atoms with Crippen LogP contribution in [-0.4, -0.2) is 26.8 Å². The van der Waals surface area contributed by atoms with E-state index in [0.29, 0.717) is 6.61 Å². The van der Waals surface area contributed by atoms with Crippen LogP contribution in [0, 0.1) is 11.2 Å². The molecule has 0 heterocycles. The van der Waals surface area contributed by atoms with E-state index >= 15 is 0 Å². The molecule has 0 atom stereocenters. The van der Waals surface area contributed by atoms with Gasteiger partial charge in [-0.25, -0.2) is 4.39 Å². The standard InChI is InChI=1S/C15H21ClFNO/c1-19-9-8-18-11-15(6-3-7-15)10-12-4-2-5-13(16)14(12)17/h2,4-5,18H,3,6-11H2,1H3. The van der Waals surface area contributed by atoms with Crippen molar-refractivity contribution in [2.75, 3.05) is 26.8 Å². The molecule has 1 N–H and O–H groups in total. The van der Waals surface area contributed by atoms with E-state index in [4.69, 9.17) is 16.3 Å². The molecular formula is C15H21ClFNO. The molecule has 0 unspecified atom stereocenters. The molecule has 1 aliphatic rings. The second-order valence-electron chi connectivity index (χ2n) is 5.41. The van der Waals surface area contributed by atoms with Crippen LogP contribution in [0.15, 0.2) is 18.2 Å². The van der Waals surface area contributed by atoms with Gasteiger partial charge in [-0.15, -0.1) is 0 Å². The lowest BCUT2D eigenvalue weighted by atomic mass is 9.65. The fraction of sp³-hybridized carbons (Fsp3) is 0.600. The van der Waals surface area contributed by atoms with Gasteiger partial charge in [0.15, 0.2) is 0 Å². The smallest absolute Gasteiger partial charge is 0.144 e. The molecule has 4 heteroatoms. The first-order chi connectivity index (χ1) is 9.17. The summed E-state index contributed by atoms with van der Waals surface area (Å²) in [7, 11) is 1.70. The predicted octanol–water partition coefficient (Wildman–Crippen LogP) is 3.43. The number of benzene rings is 1. The fourth-order valence-electron chi connectivity index (χ4n) is 2.71. The monoisotopic (exact) mass is 285 g/mol. The van der Waals surface area contributed by atoms with Gasteiger partial charge in [0.25, 0.3) is 0 Å². The Hall–Kier alpha value is -0.640. The summed E-state index contributed by atoms with van der Waals surface area (Å²) in [5, 5.41) is 3.62. The number of rotatable bonds is 7. The summed E-state index contributed by atoms with van der Waals surface area (Å²) in [5.74, 6) is -0.257. The normalized spacial score (nSPS) is 17.2. The molecular weight excluding hydrogens is 265 g/mol. The summed E-state index contributed by atoms with van der Waals surface area (Å²) < 4.78 is 19.0. The van der Waals surface area contributed by atoms with Gasteiger partial charge in [0.05, 0.1) is 11.6 Å². The second-order valence-corrected chi connectivity index (χ2v) is 5.82. The van der Waals surface area contributed by atoms with Gasteiger partial charge in [-0.1, -0.05) is 30.2 Å². The molecule has 1 fully saturated rings. The Kier molecular flexibility index (Phi) is 5.20. The van der Waals surface area contributed by atoms with Gasteiger partial charge in [0.1, 0.15) is 5.82 Å². The fourth-order valence-corrected chi connectivity index (χ4v) is 2.90. The first-order valence-corrected chi connectivity index (χ1v) is 7.17. The third kappa shape index (κ3) is 3.68. The number of ether oxygens (including phenoxy) is 1. The lowest BCUT2D eigenvalue weighted by Gasteiger charge is -2.42. The Morgan fingerprint density at radius 3 is 2.84 bits per heavy atom. The average molecular weight is 286 g/mol. The molecule has 1 saturated carbocycles. The van der Waals surface area contributed by atoms with E-state index in [-0.39, 0.29) is 16.3 Å². The molecule has 1 aromatic rings. The van der Waals surface area contributed by atoms with E-state index in [1.807, 2.05) is 12.1 Å². The van der Waals surface area contributed by atoms with Gasteiger partial charge >= 0.3 is 0 Å². The zero-order chi connectivity index (χ0) is 13.7. The van der Waals surface area contributed by atoms with Crippen molar-refractivity contribution in [3.8, 4) is 0 Å². The Morgan fingerprint density at radius 1 is 1.42 bits per heavy atom. The molecule has 1 aromatic carbocycles. The first-order valence-electron chi connectivity index (χ1n) is 6.79. The quantitative estimate of drug-likeness (QED) is 0.775. The van der Waals surface area contributed by atoms with Gasteiger partial charge in [-0.05, 0) is 36.3 Å². The lowest BCUT2D eigenvalue weighted by Crippen LogP contribution is -2.42. The van der Waals surface area contributed by atoms with Crippen LogP contribution in [0.5, 0.6) is 0 Å². The van der Waals surface area contributed by atoms with Crippen molar-refractivity contribution in [1.29, 1.82) is 0 Å². The van der Waals surface area contributed by atoms with Gasteiger partial charge in [0, 0.05) is 20.2 Å². The maximum absolute atomic E-state index is 14.0. The van der Waals surface area contributed by atoms with E-state index in [1.165, 1.54) is 6.42 Å². The van der Waals surface area contributed by atoms with Crippen LogP contribution in [-0.2, 0) is 11.2 Å². The molecule has 0 bridgehead atoms. The lowest BCUT2D eigenvalue weighted by molar-refractivity contribution is 0.122.